The number of hydrogen-bond donors (Lipinski definition) is 1. The average Bonchev–Trinajstić information content (AvgIpc) is 2.25. The molecule has 0 aliphatic rings. The van der Waals surface area contributed by atoms with Gasteiger partial charge in [-0.3, -0.25) is 4.79 Å². The predicted octanol–water partition coefficient (Wildman–Crippen LogP) is 2.12. The average molecular weight is 260 g/mol. The Hall–Kier alpha value is -1.13. The van der Waals surface area contributed by atoms with Gasteiger partial charge in [-0.05, 0) is 30.7 Å². The molecule has 0 aliphatic heterocycles. The monoisotopic (exact) mass is 259 g/mol. The van der Waals surface area contributed by atoms with Gasteiger partial charge in [-0.1, -0.05) is 0 Å². The zero-order valence-electron chi connectivity index (χ0n) is 9.80. The lowest BCUT2D eigenvalue weighted by Crippen LogP contribution is -2.31. The van der Waals surface area contributed by atoms with Gasteiger partial charge in [0.15, 0.2) is 0 Å². The number of nitrogens with one attached hydrogen (secondary N) is 1. The number of aryl methyl sites for hydroxylation is 1. The van der Waals surface area contributed by atoms with Crippen molar-refractivity contribution < 1.29 is 13.9 Å². The molecule has 1 N–H and O–H groups in total. The van der Waals surface area contributed by atoms with E-state index in [1.807, 2.05) is 0 Å². The molecule has 0 radical (unpaired) electrons. The first-order chi connectivity index (χ1) is 8.02. The summed E-state index contributed by atoms with van der Waals surface area (Å²) in [6, 6.07) is 4.19. The predicted molar refractivity (Wildman–Crippen MR) is 65.0 cm³/mol. The summed E-state index contributed by atoms with van der Waals surface area (Å²) in [4.78, 5) is 11.7. The Bertz CT molecular complexity index is 378. The molecule has 0 saturated heterocycles. The van der Waals surface area contributed by atoms with E-state index in [4.69, 9.17) is 16.3 Å². The second-order valence-electron chi connectivity index (χ2n) is 3.78. The van der Waals surface area contributed by atoms with Crippen LogP contribution < -0.4 is 5.32 Å². The van der Waals surface area contributed by atoms with E-state index in [0.29, 0.717) is 17.7 Å². The van der Waals surface area contributed by atoms with E-state index in [-0.39, 0.29) is 17.8 Å². The summed E-state index contributed by atoms with van der Waals surface area (Å²) < 4.78 is 17.9. The Balaban J connectivity index is 2.58. The number of hydrogen-bond acceptors (Lipinski definition) is 2. The number of carbonyl (C=O) groups is 1. The Morgan fingerprint density at radius 1 is 1.53 bits per heavy atom. The zero-order valence-corrected chi connectivity index (χ0v) is 10.6. The first-order valence-corrected chi connectivity index (χ1v) is 5.65. The van der Waals surface area contributed by atoms with Crippen molar-refractivity contribution in [2.75, 3.05) is 20.3 Å². The molecule has 3 nitrogen and oxygen atoms in total. The van der Waals surface area contributed by atoms with Crippen molar-refractivity contribution in [3.63, 3.8) is 0 Å². The van der Waals surface area contributed by atoms with E-state index in [2.05, 4.69) is 5.32 Å². The van der Waals surface area contributed by atoms with Crippen molar-refractivity contribution in [1.29, 1.82) is 0 Å². The van der Waals surface area contributed by atoms with Gasteiger partial charge in [-0.2, -0.15) is 0 Å². The molecule has 0 heterocycles. The maximum atomic E-state index is 13.1. The second-order valence-corrected chi connectivity index (χ2v) is 4.40. The molecule has 1 amide bonds. The zero-order chi connectivity index (χ0) is 12.8. The minimum atomic E-state index is -0.422. The first-order valence-electron chi connectivity index (χ1n) is 5.21. The van der Waals surface area contributed by atoms with Crippen LogP contribution >= 0.6 is 11.6 Å². The summed E-state index contributed by atoms with van der Waals surface area (Å²) in [6.45, 7) is 2.36. The highest BCUT2D eigenvalue weighted by Crippen LogP contribution is 2.08. The number of amides is 1. The minimum Gasteiger partial charge on any atom is -0.383 e. The summed E-state index contributed by atoms with van der Waals surface area (Å²) in [5.74, 6) is -0.760. The van der Waals surface area contributed by atoms with Crippen molar-refractivity contribution in [2.24, 2.45) is 0 Å². The highest BCUT2D eigenvalue weighted by Gasteiger charge is 2.10. The molecule has 94 valence electrons. The van der Waals surface area contributed by atoms with Crippen LogP contribution in [0.3, 0.4) is 0 Å². The molecule has 0 aromatic heterocycles. The molecule has 0 fully saturated rings. The van der Waals surface area contributed by atoms with Gasteiger partial charge in [0.1, 0.15) is 5.82 Å². The number of methoxy groups -OCH3 is 1. The summed E-state index contributed by atoms with van der Waals surface area (Å²) in [5.41, 5.74) is 0.998. The standard InChI is InChI=1S/C12H15ClFNO2/c1-8-3-9(5-11(14)4-8)12(16)15-6-10(13)7-17-2/h3-5,10H,6-7H2,1-2H3,(H,15,16). The van der Waals surface area contributed by atoms with E-state index in [1.165, 1.54) is 19.2 Å². The van der Waals surface area contributed by atoms with Gasteiger partial charge >= 0.3 is 0 Å². The van der Waals surface area contributed by atoms with Gasteiger partial charge in [0.25, 0.3) is 5.91 Å². The maximum Gasteiger partial charge on any atom is 0.251 e. The number of halogens is 2. The number of rotatable bonds is 5. The number of ether oxygens (including phenoxy) is 1. The van der Waals surface area contributed by atoms with Crippen LogP contribution in [0.25, 0.3) is 0 Å². The van der Waals surface area contributed by atoms with Gasteiger partial charge in [-0.25, -0.2) is 4.39 Å². The minimum absolute atomic E-state index is 0.282. The molecular formula is C12H15ClFNO2. The van der Waals surface area contributed by atoms with Crippen LogP contribution in [0, 0.1) is 12.7 Å². The third-order valence-corrected chi connectivity index (χ3v) is 2.42. The molecule has 0 bridgehead atoms. The van der Waals surface area contributed by atoms with Crippen LogP contribution in [-0.4, -0.2) is 31.5 Å². The van der Waals surface area contributed by atoms with Gasteiger partial charge in [0, 0.05) is 19.2 Å². The molecule has 1 unspecified atom stereocenters. The fraction of sp³-hybridized carbons (Fsp3) is 0.417. The SMILES string of the molecule is COCC(Cl)CNC(=O)c1cc(C)cc(F)c1. The first kappa shape index (κ1) is 13.9. The topological polar surface area (TPSA) is 38.3 Å². The maximum absolute atomic E-state index is 13.1. The molecule has 0 saturated carbocycles. The molecule has 0 spiro atoms. The Morgan fingerprint density at radius 2 is 2.24 bits per heavy atom. The van der Waals surface area contributed by atoms with Crippen LogP contribution in [0.5, 0.6) is 0 Å². The molecule has 1 rings (SSSR count). The lowest BCUT2D eigenvalue weighted by Gasteiger charge is -2.10. The number of benzene rings is 1. The Morgan fingerprint density at radius 3 is 2.82 bits per heavy atom. The van der Waals surface area contributed by atoms with Gasteiger partial charge in [-0.15, -0.1) is 11.6 Å². The smallest absolute Gasteiger partial charge is 0.251 e. The van der Waals surface area contributed by atoms with Crippen LogP contribution in [0.1, 0.15) is 15.9 Å². The van der Waals surface area contributed by atoms with Crippen LogP contribution in [0.2, 0.25) is 0 Å². The number of carbonyl (C=O) groups excluding carboxylic acids is 1. The Kier molecular flexibility index (Phi) is 5.38. The molecule has 5 heteroatoms. The van der Waals surface area contributed by atoms with E-state index in [9.17, 15) is 9.18 Å². The van der Waals surface area contributed by atoms with Crippen LogP contribution in [0.4, 0.5) is 4.39 Å². The molecule has 17 heavy (non-hydrogen) atoms. The van der Waals surface area contributed by atoms with E-state index in [1.54, 1.807) is 13.0 Å². The van der Waals surface area contributed by atoms with Crippen molar-refractivity contribution >= 4 is 17.5 Å². The van der Waals surface area contributed by atoms with Crippen molar-refractivity contribution in [1.82, 2.24) is 5.32 Å². The highest BCUT2D eigenvalue weighted by molar-refractivity contribution is 6.21. The van der Waals surface area contributed by atoms with Gasteiger partial charge < -0.3 is 10.1 Å². The third-order valence-electron chi connectivity index (χ3n) is 2.14. The summed E-state index contributed by atoms with van der Waals surface area (Å²) in [6.07, 6.45) is 0. The molecule has 1 aromatic carbocycles. The van der Waals surface area contributed by atoms with Crippen molar-refractivity contribution in [3.8, 4) is 0 Å². The van der Waals surface area contributed by atoms with Crippen LogP contribution in [-0.2, 0) is 4.74 Å². The largest absolute Gasteiger partial charge is 0.383 e. The third kappa shape index (κ3) is 4.71. The fourth-order valence-corrected chi connectivity index (χ4v) is 1.62. The second kappa shape index (κ2) is 6.57. The van der Waals surface area contributed by atoms with E-state index >= 15 is 0 Å². The van der Waals surface area contributed by atoms with Crippen molar-refractivity contribution in [2.45, 2.75) is 12.3 Å². The number of alkyl halides is 1. The molecule has 0 aliphatic carbocycles. The summed E-state index contributed by atoms with van der Waals surface area (Å²) in [5, 5.41) is 2.33. The molecule has 1 aromatic rings. The Labute approximate surface area is 105 Å². The lowest BCUT2D eigenvalue weighted by atomic mass is 10.1. The summed E-state index contributed by atoms with van der Waals surface area (Å²) in [7, 11) is 1.53. The lowest BCUT2D eigenvalue weighted by molar-refractivity contribution is 0.0948. The van der Waals surface area contributed by atoms with E-state index in [0.717, 1.165) is 0 Å². The van der Waals surface area contributed by atoms with Crippen LogP contribution in [0.15, 0.2) is 18.2 Å². The van der Waals surface area contributed by atoms with Gasteiger partial charge in [0.05, 0.1) is 12.0 Å². The molecule has 1 atom stereocenters. The van der Waals surface area contributed by atoms with E-state index < -0.39 is 5.82 Å². The quantitative estimate of drug-likeness (QED) is 0.823. The fourth-order valence-electron chi connectivity index (χ4n) is 1.41. The van der Waals surface area contributed by atoms with Gasteiger partial charge in [0.2, 0.25) is 0 Å². The normalized spacial score (nSPS) is 12.2. The van der Waals surface area contributed by atoms with Crippen molar-refractivity contribution in [3.05, 3.63) is 35.1 Å². The highest BCUT2D eigenvalue weighted by atomic mass is 35.5. The molecular weight excluding hydrogens is 245 g/mol. The summed E-state index contributed by atoms with van der Waals surface area (Å²) >= 11 is 5.86.